The van der Waals surface area contributed by atoms with Crippen molar-refractivity contribution in [1.82, 2.24) is 0 Å². The van der Waals surface area contributed by atoms with E-state index in [1.54, 1.807) is 0 Å². The minimum absolute atomic E-state index is 0.0312. The third-order valence-electron chi connectivity index (χ3n) is 9.42. The first-order valence-corrected chi connectivity index (χ1v) is 19.7. The summed E-state index contributed by atoms with van der Waals surface area (Å²) < 4.78 is 0. The fraction of sp³-hybridized carbons (Fsp3) is 0.900. The van der Waals surface area contributed by atoms with Gasteiger partial charge in [-0.1, -0.05) is 206 Å². The fourth-order valence-electron chi connectivity index (χ4n) is 6.45. The topological polar surface area (TPSA) is 80.3 Å². The van der Waals surface area contributed by atoms with Crippen LogP contribution in [0.4, 0.5) is 0 Å². The highest BCUT2D eigenvalue weighted by atomic mass is 16.4. The average molecular weight is 619 g/mol. The highest BCUT2D eigenvalue weighted by molar-refractivity contribution is 5.97. The van der Waals surface area contributed by atoms with Gasteiger partial charge in [-0.15, -0.1) is 0 Å². The molecule has 0 amide bonds. The van der Waals surface area contributed by atoms with Gasteiger partial charge in [0.15, 0.2) is 0 Å². The Bertz CT molecular complexity index is 612. The molecule has 0 bridgehead atoms. The zero-order valence-electron chi connectivity index (χ0n) is 29.7. The fourth-order valence-corrected chi connectivity index (χ4v) is 6.45. The smallest absolute Gasteiger partial charge is 0.0678 e. The van der Waals surface area contributed by atoms with Crippen molar-refractivity contribution < 1.29 is 19.8 Å². The van der Waals surface area contributed by atoms with Crippen molar-refractivity contribution in [3.63, 3.8) is 0 Å². The molecule has 44 heavy (non-hydrogen) atoms. The van der Waals surface area contributed by atoms with E-state index in [1.165, 1.54) is 167 Å². The molecule has 0 aliphatic carbocycles. The quantitative estimate of drug-likeness (QED) is 0.0517. The highest BCUT2D eigenvalue weighted by Crippen LogP contribution is 2.21. The van der Waals surface area contributed by atoms with E-state index in [4.69, 9.17) is 0 Å². The molecule has 0 rings (SSSR count). The van der Waals surface area contributed by atoms with Crippen molar-refractivity contribution in [3.8, 4) is 0 Å². The Morgan fingerprint density at radius 3 is 0.614 bits per heavy atom. The van der Waals surface area contributed by atoms with Crippen LogP contribution in [0.1, 0.15) is 232 Å². The zero-order valence-corrected chi connectivity index (χ0v) is 29.7. The summed E-state index contributed by atoms with van der Waals surface area (Å²) in [5.41, 5.74) is -0.0624. The Hall–Kier alpha value is -1.32. The first-order valence-electron chi connectivity index (χ1n) is 19.7. The van der Waals surface area contributed by atoms with Crippen LogP contribution in [0.3, 0.4) is 0 Å². The van der Waals surface area contributed by atoms with E-state index >= 15 is 0 Å². The molecular formula is C40H74O4-2. The lowest BCUT2D eigenvalue weighted by Gasteiger charge is -2.17. The molecule has 0 aromatic rings. The predicted molar refractivity (Wildman–Crippen MR) is 185 cm³/mol. The second-order valence-electron chi connectivity index (χ2n) is 13.6. The van der Waals surface area contributed by atoms with Crippen molar-refractivity contribution in [1.29, 1.82) is 0 Å². The maximum Gasteiger partial charge on any atom is 0.0678 e. The molecule has 0 radical (unpaired) electrons. The van der Waals surface area contributed by atoms with Gasteiger partial charge in [-0.05, 0) is 36.8 Å². The summed E-state index contributed by atoms with van der Waals surface area (Å²) in [5.74, 6) is -2.66. The molecule has 260 valence electrons. The Balaban J connectivity index is 3.84. The van der Waals surface area contributed by atoms with Crippen LogP contribution in [0, 0.1) is 0 Å². The van der Waals surface area contributed by atoms with Gasteiger partial charge in [0.25, 0.3) is 0 Å². The number of rotatable bonds is 36. The summed E-state index contributed by atoms with van der Waals surface area (Å²) in [4.78, 5) is 23.5. The van der Waals surface area contributed by atoms with Gasteiger partial charge in [-0.3, -0.25) is 0 Å². The van der Waals surface area contributed by atoms with Gasteiger partial charge < -0.3 is 19.8 Å². The standard InChI is InChI=1S/C40H76O4/c1-3-5-7-9-11-13-15-17-19-21-23-25-27-29-31-33-35-37(39(41)42)38(40(43)44)36-34-32-30-28-26-24-22-20-18-16-14-12-10-8-6-4-2/h3-36H2,1-2H3,(H,41,42)(H,43,44)/p-2/b38-37-. The number of carboxylic acid groups (broad SMARTS) is 2. The summed E-state index contributed by atoms with van der Waals surface area (Å²) in [6, 6.07) is 0. The molecule has 4 nitrogen and oxygen atoms in total. The molecule has 0 aromatic heterocycles. The summed E-state index contributed by atoms with van der Waals surface area (Å²) in [7, 11) is 0. The van der Waals surface area contributed by atoms with Crippen LogP contribution in [-0.2, 0) is 9.59 Å². The molecule has 0 spiro atoms. The van der Waals surface area contributed by atoms with E-state index in [0.717, 1.165) is 25.7 Å². The van der Waals surface area contributed by atoms with Crippen LogP contribution in [0.2, 0.25) is 0 Å². The monoisotopic (exact) mass is 619 g/mol. The Morgan fingerprint density at radius 2 is 0.455 bits per heavy atom. The molecule has 0 heterocycles. The van der Waals surface area contributed by atoms with Gasteiger partial charge in [-0.2, -0.15) is 0 Å². The minimum atomic E-state index is -1.33. The maximum atomic E-state index is 11.7. The van der Waals surface area contributed by atoms with Gasteiger partial charge >= 0.3 is 0 Å². The summed E-state index contributed by atoms with van der Waals surface area (Å²) in [6.45, 7) is 4.53. The molecule has 0 fully saturated rings. The zero-order chi connectivity index (χ0) is 32.4. The van der Waals surface area contributed by atoms with E-state index in [-0.39, 0.29) is 24.0 Å². The molecule has 4 heteroatoms. The molecule has 0 unspecified atom stereocenters. The van der Waals surface area contributed by atoms with E-state index in [9.17, 15) is 19.8 Å². The first-order chi connectivity index (χ1) is 21.5. The van der Waals surface area contributed by atoms with Gasteiger partial charge in [-0.25, -0.2) is 0 Å². The van der Waals surface area contributed by atoms with E-state index in [2.05, 4.69) is 13.8 Å². The number of hydrogen-bond acceptors (Lipinski definition) is 4. The Kier molecular flexibility index (Phi) is 33.5. The van der Waals surface area contributed by atoms with Gasteiger partial charge in [0.05, 0.1) is 11.9 Å². The van der Waals surface area contributed by atoms with E-state index in [0.29, 0.717) is 12.8 Å². The molecule has 0 aromatic carbocycles. The summed E-state index contributed by atoms with van der Waals surface area (Å²) in [6.07, 6.45) is 40.9. The number of aliphatic carboxylic acids is 2. The molecule has 0 aliphatic rings. The number of carboxylic acids is 2. The van der Waals surface area contributed by atoms with Crippen LogP contribution in [0.5, 0.6) is 0 Å². The lowest BCUT2D eigenvalue weighted by molar-refractivity contribution is -0.304. The van der Waals surface area contributed by atoms with Crippen molar-refractivity contribution in [2.45, 2.75) is 232 Å². The lowest BCUT2D eigenvalue weighted by atomic mass is 9.96. The molecule has 0 saturated carbocycles. The number of unbranched alkanes of at least 4 members (excludes halogenated alkanes) is 30. The first kappa shape index (κ1) is 42.7. The second-order valence-corrected chi connectivity index (χ2v) is 13.6. The van der Waals surface area contributed by atoms with Crippen LogP contribution in [0.15, 0.2) is 11.1 Å². The van der Waals surface area contributed by atoms with E-state index in [1.807, 2.05) is 0 Å². The highest BCUT2D eigenvalue weighted by Gasteiger charge is 2.10. The third-order valence-corrected chi connectivity index (χ3v) is 9.42. The second kappa shape index (κ2) is 34.6. The summed E-state index contributed by atoms with van der Waals surface area (Å²) in [5, 5.41) is 23.5. The number of hydrogen-bond donors (Lipinski definition) is 0. The Labute approximate surface area is 274 Å². The van der Waals surface area contributed by atoms with Crippen LogP contribution in [0.25, 0.3) is 0 Å². The molecule has 0 saturated heterocycles. The molecular weight excluding hydrogens is 544 g/mol. The largest absolute Gasteiger partial charge is 0.545 e. The van der Waals surface area contributed by atoms with Crippen LogP contribution < -0.4 is 10.2 Å². The third kappa shape index (κ3) is 29.4. The minimum Gasteiger partial charge on any atom is -0.545 e. The number of carbonyl (C=O) groups excluding carboxylic acids is 2. The van der Waals surface area contributed by atoms with Gasteiger partial charge in [0, 0.05) is 0 Å². The van der Waals surface area contributed by atoms with Crippen molar-refractivity contribution in [3.05, 3.63) is 11.1 Å². The van der Waals surface area contributed by atoms with Crippen LogP contribution in [-0.4, -0.2) is 11.9 Å². The SMILES string of the molecule is CCCCCCCCCCCCCCCCCC/C(C(=O)[O-])=C(\CCCCCCCCCCCCCCCCCC)C(=O)[O-]. The molecule has 0 atom stereocenters. The summed E-state index contributed by atoms with van der Waals surface area (Å²) >= 11 is 0. The lowest BCUT2D eigenvalue weighted by Crippen LogP contribution is -2.32. The number of carbonyl (C=O) groups is 2. The van der Waals surface area contributed by atoms with Crippen molar-refractivity contribution >= 4 is 11.9 Å². The van der Waals surface area contributed by atoms with Crippen molar-refractivity contribution in [2.75, 3.05) is 0 Å². The van der Waals surface area contributed by atoms with E-state index < -0.39 is 11.9 Å². The predicted octanol–water partition coefficient (Wildman–Crippen LogP) is 11.1. The maximum absolute atomic E-state index is 11.7. The van der Waals surface area contributed by atoms with Gasteiger partial charge in [0.1, 0.15) is 0 Å². The van der Waals surface area contributed by atoms with Gasteiger partial charge in [0.2, 0.25) is 0 Å². The average Bonchev–Trinajstić information content (AvgIpc) is 3.00. The van der Waals surface area contributed by atoms with Crippen molar-refractivity contribution in [2.24, 2.45) is 0 Å². The van der Waals surface area contributed by atoms with Crippen LogP contribution >= 0.6 is 0 Å². The normalized spacial score (nSPS) is 12.0. The Morgan fingerprint density at radius 1 is 0.295 bits per heavy atom. The molecule has 0 aliphatic heterocycles. The molecule has 0 N–H and O–H groups in total.